The molecule has 0 N–H and O–H groups in total. The molecule has 7 heteroatoms. The van der Waals surface area contributed by atoms with Gasteiger partial charge >= 0.3 is 0 Å². The Kier molecular flexibility index (Phi) is 4.80. The Bertz CT molecular complexity index is 565. The highest BCUT2D eigenvalue weighted by Crippen LogP contribution is 2.38. The van der Waals surface area contributed by atoms with Crippen LogP contribution in [-0.4, -0.2) is 76.6 Å². The summed E-state index contributed by atoms with van der Waals surface area (Å²) in [7, 11) is 0. The van der Waals surface area contributed by atoms with Gasteiger partial charge in [-0.3, -0.25) is 14.6 Å². The fourth-order valence-corrected chi connectivity index (χ4v) is 3.63. The van der Waals surface area contributed by atoms with E-state index < -0.39 is 0 Å². The van der Waals surface area contributed by atoms with E-state index in [0.29, 0.717) is 18.4 Å². The van der Waals surface area contributed by atoms with E-state index in [1.54, 1.807) is 0 Å². The molecule has 2 aliphatic heterocycles. The minimum absolute atomic E-state index is 0.299. The van der Waals surface area contributed by atoms with Crippen molar-refractivity contribution < 1.29 is 9.32 Å². The van der Waals surface area contributed by atoms with Crippen molar-refractivity contribution in [3.63, 3.8) is 0 Å². The molecule has 1 aliphatic carbocycles. The summed E-state index contributed by atoms with van der Waals surface area (Å²) < 4.78 is 5.34. The van der Waals surface area contributed by atoms with Crippen LogP contribution in [0.4, 0.5) is 0 Å². The van der Waals surface area contributed by atoms with Crippen LogP contribution in [0.5, 0.6) is 0 Å². The van der Waals surface area contributed by atoms with Crippen LogP contribution in [0.3, 0.4) is 0 Å². The second kappa shape index (κ2) is 7.19. The molecular weight excluding hydrogens is 306 g/mol. The van der Waals surface area contributed by atoms with Crippen LogP contribution in [-0.2, 0) is 11.3 Å². The zero-order valence-corrected chi connectivity index (χ0v) is 14.3. The van der Waals surface area contributed by atoms with E-state index in [0.717, 1.165) is 76.8 Å². The number of hydrogen-bond donors (Lipinski definition) is 0. The summed E-state index contributed by atoms with van der Waals surface area (Å²) in [5, 5.41) is 4.12. The Labute approximate surface area is 143 Å². The zero-order chi connectivity index (χ0) is 16.4. The van der Waals surface area contributed by atoms with Crippen molar-refractivity contribution in [1.29, 1.82) is 0 Å². The fraction of sp³-hybridized carbons (Fsp3) is 0.824. The third kappa shape index (κ3) is 3.95. The molecule has 3 fully saturated rings. The summed E-state index contributed by atoms with van der Waals surface area (Å²) in [5.41, 5.74) is 0. The van der Waals surface area contributed by atoms with Crippen molar-refractivity contribution in [3.05, 3.63) is 11.7 Å². The van der Waals surface area contributed by atoms with Gasteiger partial charge in [-0.25, -0.2) is 0 Å². The van der Waals surface area contributed by atoms with E-state index in [2.05, 4.69) is 19.9 Å². The summed E-state index contributed by atoms with van der Waals surface area (Å²) in [6.45, 7) is 7.14. The first-order valence-electron chi connectivity index (χ1n) is 9.33. The van der Waals surface area contributed by atoms with Gasteiger partial charge in [-0.1, -0.05) is 5.16 Å². The summed E-state index contributed by atoms with van der Waals surface area (Å²) in [6.07, 6.45) is 5.78. The molecule has 132 valence electrons. The molecule has 0 atom stereocenters. The maximum Gasteiger partial charge on any atom is 0.236 e. The van der Waals surface area contributed by atoms with Crippen molar-refractivity contribution in [2.45, 2.75) is 44.6 Å². The van der Waals surface area contributed by atoms with Gasteiger partial charge < -0.3 is 9.42 Å². The molecule has 0 radical (unpaired) electrons. The van der Waals surface area contributed by atoms with Gasteiger partial charge in [0, 0.05) is 32.1 Å². The van der Waals surface area contributed by atoms with E-state index in [4.69, 9.17) is 4.52 Å². The Morgan fingerprint density at radius 2 is 1.75 bits per heavy atom. The summed E-state index contributed by atoms with van der Waals surface area (Å²) in [6, 6.07) is 0. The normalized spacial score (nSPS) is 23.6. The lowest BCUT2D eigenvalue weighted by atomic mass is 10.3. The molecule has 3 heterocycles. The molecule has 0 spiro atoms. The molecule has 1 saturated carbocycles. The second-order valence-corrected chi connectivity index (χ2v) is 7.32. The first-order chi connectivity index (χ1) is 11.8. The fourth-order valence-electron chi connectivity index (χ4n) is 3.63. The molecule has 4 rings (SSSR count). The summed E-state index contributed by atoms with van der Waals surface area (Å²) >= 11 is 0. The molecule has 24 heavy (non-hydrogen) atoms. The Morgan fingerprint density at radius 3 is 2.54 bits per heavy atom. The monoisotopic (exact) mass is 333 g/mol. The van der Waals surface area contributed by atoms with Crippen molar-refractivity contribution in [2.24, 2.45) is 0 Å². The van der Waals surface area contributed by atoms with E-state index in [1.807, 2.05) is 4.90 Å². The molecule has 0 unspecified atom stereocenters. The third-order valence-electron chi connectivity index (χ3n) is 5.27. The maximum absolute atomic E-state index is 12.3. The quantitative estimate of drug-likeness (QED) is 0.803. The Morgan fingerprint density at radius 1 is 1.00 bits per heavy atom. The second-order valence-electron chi connectivity index (χ2n) is 7.32. The van der Waals surface area contributed by atoms with Crippen molar-refractivity contribution in [1.82, 2.24) is 24.8 Å². The molecule has 3 aliphatic rings. The van der Waals surface area contributed by atoms with E-state index in [-0.39, 0.29) is 0 Å². The summed E-state index contributed by atoms with van der Waals surface area (Å²) in [5.74, 6) is 2.44. The number of rotatable bonds is 5. The lowest BCUT2D eigenvalue weighted by molar-refractivity contribution is -0.131. The van der Waals surface area contributed by atoms with Crippen LogP contribution >= 0.6 is 0 Å². The number of hydrogen-bond acceptors (Lipinski definition) is 6. The van der Waals surface area contributed by atoms with Gasteiger partial charge in [0.1, 0.15) is 0 Å². The molecule has 0 bridgehead atoms. The van der Waals surface area contributed by atoms with Crippen LogP contribution in [0.25, 0.3) is 0 Å². The topological polar surface area (TPSA) is 65.7 Å². The lowest BCUT2D eigenvalue weighted by Crippen LogP contribution is -2.40. The average molecular weight is 333 g/mol. The molecule has 1 aromatic heterocycles. The number of carbonyl (C=O) groups is 1. The number of amides is 1. The lowest BCUT2D eigenvalue weighted by Gasteiger charge is -2.23. The highest BCUT2D eigenvalue weighted by atomic mass is 16.5. The van der Waals surface area contributed by atoms with Gasteiger partial charge in [0.2, 0.25) is 11.8 Å². The minimum atomic E-state index is 0.299. The van der Waals surface area contributed by atoms with Crippen LogP contribution < -0.4 is 0 Å². The average Bonchev–Trinajstić information content (AvgIpc) is 3.15. The Hall–Kier alpha value is -1.47. The van der Waals surface area contributed by atoms with Gasteiger partial charge in [0.25, 0.3) is 0 Å². The van der Waals surface area contributed by atoms with Crippen molar-refractivity contribution >= 4 is 5.91 Å². The number of aromatic nitrogens is 2. The first kappa shape index (κ1) is 16.0. The highest BCUT2D eigenvalue weighted by molar-refractivity contribution is 5.78. The zero-order valence-electron chi connectivity index (χ0n) is 14.3. The molecule has 0 aromatic carbocycles. The van der Waals surface area contributed by atoms with Crippen LogP contribution in [0.2, 0.25) is 0 Å². The number of likely N-dealkylation sites (tertiary alicyclic amines) is 1. The standard InChI is InChI=1S/C17H27N5O2/c23-16(22-8-1-2-9-22)13-21-7-3-6-20(10-11-21)12-15-18-17(24-19-15)14-4-5-14/h14H,1-13H2. The van der Waals surface area contributed by atoms with Gasteiger partial charge in [0.15, 0.2) is 5.82 Å². The largest absolute Gasteiger partial charge is 0.342 e. The van der Waals surface area contributed by atoms with Gasteiger partial charge in [0.05, 0.1) is 13.1 Å². The van der Waals surface area contributed by atoms with Gasteiger partial charge in [-0.05, 0) is 45.2 Å². The van der Waals surface area contributed by atoms with E-state index >= 15 is 0 Å². The number of nitrogens with zero attached hydrogens (tertiary/aromatic N) is 5. The maximum atomic E-state index is 12.3. The number of carbonyl (C=O) groups excluding carboxylic acids is 1. The molecule has 7 nitrogen and oxygen atoms in total. The van der Waals surface area contributed by atoms with E-state index in [1.165, 1.54) is 12.8 Å². The van der Waals surface area contributed by atoms with Crippen molar-refractivity contribution in [2.75, 3.05) is 45.8 Å². The Balaban J connectivity index is 1.25. The smallest absolute Gasteiger partial charge is 0.236 e. The third-order valence-corrected chi connectivity index (χ3v) is 5.27. The molecular formula is C17H27N5O2. The predicted octanol–water partition coefficient (Wildman–Crippen LogP) is 1.08. The van der Waals surface area contributed by atoms with Crippen LogP contribution in [0.15, 0.2) is 4.52 Å². The molecule has 2 saturated heterocycles. The summed E-state index contributed by atoms with van der Waals surface area (Å²) in [4.78, 5) is 23.5. The highest BCUT2D eigenvalue weighted by Gasteiger charge is 2.30. The predicted molar refractivity (Wildman–Crippen MR) is 88.4 cm³/mol. The van der Waals surface area contributed by atoms with Gasteiger partial charge in [-0.15, -0.1) is 0 Å². The van der Waals surface area contributed by atoms with E-state index in [9.17, 15) is 4.79 Å². The van der Waals surface area contributed by atoms with Crippen LogP contribution in [0.1, 0.15) is 49.7 Å². The SMILES string of the molecule is O=C(CN1CCCN(Cc2noc(C3CC3)n2)CC1)N1CCCC1. The molecule has 1 aromatic rings. The van der Waals surface area contributed by atoms with Crippen LogP contribution in [0, 0.1) is 0 Å². The molecule has 1 amide bonds. The van der Waals surface area contributed by atoms with Gasteiger partial charge in [-0.2, -0.15) is 4.98 Å². The minimum Gasteiger partial charge on any atom is -0.342 e. The van der Waals surface area contributed by atoms with Crippen molar-refractivity contribution in [3.8, 4) is 0 Å². The first-order valence-corrected chi connectivity index (χ1v) is 9.33.